The van der Waals surface area contributed by atoms with Crippen LogP contribution in [0.3, 0.4) is 0 Å². The van der Waals surface area contributed by atoms with E-state index in [0.29, 0.717) is 11.2 Å². The van der Waals surface area contributed by atoms with E-state index in [4.69, 9.17) is 5.73 Å². The van der Waals surface area contributed by atoms with Crippen molar-refractivity contribution in [1.29, 1.82) is 0 Å². The zero-order chi connectivity index (χ0) is 13.6. The van der Waals surface area contributed by atoms with Crippen LogP contribution in [-0.2, 0) is 0 Å². The van der Waals surface area contributed by atoms with Crippen molar-refractivity contribution in [3.8, 4) is 11.4 Å². The Balaban J connectivity index is 2.18. The van der Waals surface area contributed by atoms with Crippen molar-refractivity contribution in [1.82, 2.24) is 19.7 Å². The van der Waals surface area contributed by atoms with E-state index in [1.807, 2.05) is 19.1 Å². The van der Waals surface area contributed by atoms with Gasteiger partial charge in [-0.3, -0.25) is 0 Å². The molecule has 3 aromatic rings. The van der Waals surface area contributed by atoms with Gasteiger partial charge in [-0.2, -0.15) is 0 Å². The third-order valence-corrected chi connectivity index (χ3v) is 3.89. The van der Waals surface area contributed by atoms with Crippen LogP contribution in [0.2, 0.25) is 0 Å². The van der Waals surface area contributed by atoms with E-state index in [1.165, 1.54) is 11.3 Å². The first-order valence-electron chi connectivity index (χ1n) is 6.14. The van der Waals surface area contributed by atoms with Gasteiger partial charge in [0.2, 0.25) is 0 Å². The van der Waals surface area contributed by atoms with Crippen LogP contribution in [0, 0.1) is 6.92 Å². The molecule has 5 nitrogen and oxygen atoms in total. The number of aryl methyl sites for hydroxylation is 1. The van der Waals surface area contributed by atoms with E-state index in [1.54, 1.807) is 0 Å². The molecule has 0 unspecified atom stereocenters. The average Bonchev–Trinajstić information content (AvgIpc) is 2.89. The van der Waals surface area contributed by atoms with E-state index in [9.17, 15) is 0 Å². The molecule has 2 N–H and O–H groups in total. The second-order valence-electron chi connectivity index (χ2n) is 4.77. The minimum Gasteiger partial charge on any atom is -0.375 e. The Bertz CT molecular complexity index is 741. The minimum absolute atomic E-state index is 0.326. The second-order valence-corrected chi connectivity index (χ2v) is 5.83. The van der Waals surface area contributed by atoms with E-state index in [0.717, 1.165) is 27.4 Å². The highest BCUT2D eigenvalue weighted by atomic mass is 32.1. The van der Waals surface area contributed by atoms with Crippen LogP contribution in [0.5, 0.6) is 0 Å². The van der Waals surface area contributed by atoms with E-state index in [-0.39, 0.29) is 0 Å². The number of hydrogen-bond donors (Lipinski definition) is 1. The van der Waals surface area contributed by atoms with Gasteiger partial charge in [-0.25, -0.2) is 4.98 Å². The maximum atomic E-state index is 5.74. The first-order chi connectivity index (χ1) is 9.06. The van der Waals surface area contributed by atoms with Crippen molar-refractivity contribution in [2.75, 3.05) is 5.73 Å². The molecule has 0 aliphatic carbocycles. The Morgan fingerprint density at radius 2 is 2.05 bits per heavy atom. The molecule has 3 rings (SSSR count). The molecule has 0 amide bonds. The summed E-state index contributed by atoms with van der Waals surface area (Å²) in [5.41, 5.74) is 7.71. The topological polar surface area (TPSA) is 69.6 Å². The van der Waals surface area contributed by atoms with Crippen molar-refractivity contribution in [3.05, 3.63) is 24.0 Å². The predicted octanol–water partition coefficient (Wildman–Crippen LogP) is 3.03. The summed E-state index contributed by atoms with van der Waals surface area (Å²) >= 11 is 1.49. The fourth-order valence-electron chi connectivity index (χ4n) is 2.27. The Morgan fingerprint density at radius 3 is 2.79 bits per heavy atom. The molecule has 0 fully saturated rings. The second kappa shape index (κ2) is 4.31. The molecule has 2 heterocycles. The van der Waals surface area contributed by atoms with Crippen molar-refractivity contribution in [3.63, 3.8) is 0 Å². The molecule has 2 aromatic heterocycles. The lowest BCUT2D eigenvalue weighted by atomic mass is 10.2. The first-order valence-corrected chi connectivity index (χ1v) is 6.96. The summed E-state index contributed by atoms with van der Waals surface area (Å²) in [5, 5.41) is 9.05. The highest BCUT2D eigenvalue weighted by Crippen LogP contribution is 2.29. The van der Waals surface area contributed by atoms with Gasteiger partial charge < -0.3 is 10.3 Å². The number of nitrogen functional groups attached to an aromatic ring is 1. The SMILES string of the molecule is Cc1nnc(-c2ccc3nc(N)sc3c2)n1C(C)C. The summed E-state index contributed by atoms with van der Waals surface area (Å²) in [6.07, 6.45) is 0. The van der Waals surface area contributed by atoms with Crippen LogP contribution in [0.25, 0.3) is 21.6 Å². The van der Waals surface area contributed by atoms with Crippen LogP contribution in [-0.4, -0.2) is 19.7 Å². The molecule has 0 radical (unpaired) electrons. The van der Waals surface area contributed by atoms with Crippen LogP contribution in [0.15, 0.2) is 18.2 Å². The molecule has 0 spiro atoms. The Hall–Kier alpha value is -1.95. The predicted molar refractivity (Wildman–Crippen MR) is 78.2 cm³/mol. The number of anilines is 1. The maximum Gasteiger partial charge on any atom is 0.181 e. The van der Waals surface area contributed by atoms with Crippen molar-refractivity contribution < 1.29 is 0 Å². The number of fused-ring (bicyclic) bond motifs is 1. The zero-order valence-corrected chi connectivity index (χ0v) is 11.9. The van der Waals surface area contributed by atoms with Gasteiger partial charge in [0.25, 0.3) is 0 Å². The van der Waals surface area contributed by atoms with E-state index >= 15 is 0 Å². The molecular weight excluding hydrogens is 258 g/mol. The standard InChI is InChI=1S/C13H15N5S/c1-7(2)18-8(3)16-17-12(18)9-4-5-10-11(6-9)19-13(14)15-10/h4-7H,1-3H3,(H2,14,15). The van der Waals surface area contributed by atoms with Crippen molar-refractivity contribution in [2.24, 2.45) is 0 Å². The summed E-state index contributed by atoms with van der Waals surface area (Å²) in [6.45, 7) is 6.23. The number of rotatable bonds is 2. The number of hydrogen-bond acceptors (Lipinski definition) is 5. The van der Waals surface area contributed by atoms with Crippen LogP contribution in [0.1, 0.15) is 25.7 Å². The van der Waals surface area contributed by atoms with Crippen molar-refractivity contribution >= 4 is 26.7 Å². The molecule has 0 bridgehead atoms. The fraction of sp³-hybridized carbons (Fsp3) is 0.308. The first kappa shape index (κ1) is 12.1. The molecule has 98 valence electrons. The zero-order valence-electron chi connectivity index (χ0n) is 11.1. The van der Waals surface area contributed by atoms with Gasteiger partial charge in [-0.1, -0.05) is 11.3 Å². The summed E-state index contributed by atoms with van der Waals surface area (Å²) in [4.78, 5) is 4.26. The average molecular weight is 273 g/mol. The van der Waals surface area contributed by atoms with Gasteiger partial charge in [0.05, 0.1) is 10.2 Å². The molecule has 0 aliphatic heterocycles. The molecule has 6 heteroatoms. The monoisotopic (exact) mass is 273 g/mol. The van der Waals surface area contributed by atoms with Gasteiger partial charge in [0, 0.05) is 11.6 Å². The summed E-state index contributed by atoms with van der Waals surface area (Å²) in [7, 11) is 0. The molecule has 1 aromatic carbocycles. The summed E-state index contributed by atoms with van der Waals surface area (Å²) in [5.74, 6) is 1.82. The maximum absolute atomic E-state index is 5.74. The number of benzene rings is 1. The van der Waals surface area contributed by atoms with Crippen LogP contribution < -0.4 is 5.73 Å². The molecule has 0 atom stereocenters. The lowest BCUT2D eigenvalue weighted by Crippen LogP contribution is -2.05. The van der Waals surface area contributed by atoms with Gasteiger partial charge >= 0.3 is 0 Å². The number of nitrogens with zero attached hydrogens (tertiary/aromatic N) is 4. The number of aromatic nitrogens is 4. The highest BCUT2D eigenvalue weighted by molar-refractivity contribution is 7.22. The third-order valence-electron chi connectivity index (χ3n) is 3.05. The smallest absolute Gasteiger partial charge is 0.181 e. The van der Waals surface area contributed by atoms with Gasteiger partial charge in [-0.15, -0.1) is 10.2 Å². The normalized spacial score (nSPS) is 11.6. The largest absolute Gasteiger partial charge is 0.375 e. The van der Waals surface area contributed by atoms with E-state index in [2.05, 4.69) is 39.7 Å². The quantitative estimate of drug-likeness (QED) is 0.779. The molecular formula is C13H15N5S. The summed E-state index contributed by atoms with van der Waals surface area (Å²) < 4.78 is 3.21. The van der Waals surface area contributed by atoms with Crippen LogP contribution >= 0.6 is 11.3 Å². The van der Waals surface area contributed by atoms with Crippen molar-refractivity contribution in [2.45, 2.75) is 26.8 Å². The van der Waals surface area contributed by atoms with Gasteiger partial charge in [0.1, 0.15) is 5.82 Å². The Labute approximate surface area is 115 Å². The lowest BCUT2D eigenvalue weighted by Gasteiger charge is -2.12. The molecule has 0 saturated heterocycles. The molecule has 0 aliphatic rings. The number of thiazole rings is 1. The van der Waals surface area contributed by atoms with Gasteiger partial charge in [0.15, 0.2) is 11.0 Å². The Kier molecular flexibility index (Phi) is 2.74. The highest BCUT2D eigenvalue weighted by Gasteiger charge is 2.14. The van der Waals surface area contributed by atoms with E-state index < -0.39 is 0 Å². The summed E-state index contributed by atoms with van der Waals surface area (Å²) in [6, 6.07) is 6.40. The Morgan fingerprint density at radius 1 is 1.26 bits per heavy atom. The molecule has 19 heavy (non-hydrogen) atoms. The van der Waals surface area contributed by atoms with Gasteiger partial charge in [-0.05, 0) is 39.0 Å². The van der Waals surface area contributed by atoms with Crippen LogP contribution in [0.4, 0.5) is 5.13 Å². The molecule has 0 saturated carbocycles. The lowest BCUT2D eigenvalue weighted by molar-refractivity contribution is 0.587. The third kappa shape index (κ3) is 1.98. The number of nitrogens with two attached hydrogens (primary N) is 1. The fourth-order valence-corrected chi connectivity index (χ4v) is 3.04. The minimum atomic E-state index is 0.326.